The van der Waals surface area contributed by atoms with Gasteiger partial charge in [-0.25, -0.2) is 0 Å². The van der Waals surface area contributed by atoms with Crippen molar-refractivity contribution in [2.75, 3.05) is 0 Å². The van der Waals surface area contributed by atoms with Crippen molar-refractivity contribution >= 4 is 5.97 Å². The van der Waals surface area contributed by atoms with Crippen LogP contribution in [-0.2, 0) is 9.63 Å². The summed E-state index contributed by atoms with van der Waals surface area (Å²) >= 11 is 0. The quantitative estimate of drug-likeness (QED) is 0.670. The van der Waals surface area contributed by atoms with Gasteiger partial charge in [-0.15, -0.1) is 0 Å². The van der Waals surface area contributed by atoms with Crippen molar-refractivity contribution in [2.45, 2.75) is 50.7 Å². The van der Waals surface area contributed by atoms with Crippen LogP contribution in [0.5, 0.6) is 0 Å². The Morgan fingerprint density at radius 3 is 2.43 bits per heavy atom. The summed E-state index contributed by atoms with van der Waals surface area (Å²) in [7, 11) is 0. The Morgan fingerprint density at radius 1 is 1.21 bits per heavy atom. The van der Waals surface area contributed by atoms with Gasteiger partial charge in [0.1, 0.15) is 0 Å². The Bertz CT molecular complexity index is 213. The molecule has 0 saturated heterocycles. The van der Waals surface area contributed by atoms with Crippen LogP contribution in [0, 0.1) is 5.92 Å². The fraction of sp³-hybridized carbons (Fsp3) is 0.900. The molecule has 0 amide bonds. The van der Waals surface area contributed by atoms with Gasteiger partial charge in [-0.1, -0.05) is 12.8 Å². The van der Waals surface area contributed by atoms with Crippen LogP contribution in [0.15, 0.2) is 0 Å². The van der Waals surface area contributed by atoms with E-state index in [1.165, 1.54) is 12.8 Å². The van der Waals surface area contributed by atoms with Crippen molar-refractivity contribution < 1.29 is 14.7 Å². The van der Waals surface area contributed by atoms with E-state index in [1.807, 2.05) is 0 Å². The second-order valence-electron chi connectivity index (χ2n) is 4.27. The summed E-state index contributed by atoms with van der Waals surface area (Å²) in [6.45, 7) is 0. The van der Waals surface area contributed by atoms with E-state index in [2.05, 4.69) is 5.48 Å². The highest BCUT2D eigenvalue weighted by atomic mass is 16.7. The lowest BCUT2D eigenvalue weighted by molar-refractivity contribution is -0.151. The predicted octanol–water partition coefficient (Wildman–Crippen LogP) is 1.31. The molecule has 2 unspecified atom stereocenters. The number of nitrogens with one attached hydrogen (secondary N) is 1. The van der Waals surface area contributed by atoms with Gasteiger partial charge in [0.25, 0.3) is 0 Å². The second kappa shape index (κ2) is 4.28. The van der Waals surface area contributed by atoms with E-state index in [4.69, 9.17) is 9.94 Å². The molecule has 2 N–H and O–H groups in total. The fourth-order valence-electron chi connectivity index (χ4n) is 2.13. The molecule has 2 saturated carbocycles. The van der Waals surface area contributed by atoms with Crippen molar-refractivity contribution in [3.8, 4) is 0 Å². The molecule has 80 valence electrons. The van der Waals surface area contributed by atoms with Gasteiger partial charge in [-0.2, -0.15) is 5.48 Å². The Balaban J connectivity index is 1.67. The highest BCUT2D eigenvalue weighted by Gasteiger charge is 2.37. The van der Waals surface area contributed by atoms with Crippen LogP contribution in [0.1, 0.15) is 38.5 Å². The Labute approximate surface area is 83.6 Å². The van der Waals surface area contributed by atoms with Crippen LogP contribution in [0.3, 0.4) is 0 Å². The molecule has 0 aromatic rings. The lowest BCUT2D eigenvalue weighted by Gasteiger charge is -2.34. The summed E-state index contributed by atoms with van der Waals surface area (Å²) in [6.07, 6.45) is 6.70. The monoisotopic (exact) mass is 199 g/mol. The van der Waals surface area contributed by atoms with Crippen LogP contribution < -0.4 is 5.48 Å². The molecule has 2 aliphatic carbocycles. The van der Waals surface area contributed by atoms with Crippen molar-refractivity contribution in [1.82, 2.24) is 5.48 Å². The van der Waals surface area contributed by atoms with Gasteiger partial charge in [-0.05, 0) is 25.7 Å². The first-order valence-electron chi connectivity index (χ1n) is 5.41. The lowest BCUT2D eigenvalue weighted by atomic mass is 9.80. The smallest absolute Gasteiger partial charge is 0.308 e. The molecule has 0 aliphatic heterocycles. The average Bonchev–Trinajstić information content (AvgIpc) is 2.53. The number of rotatable bonds is 4. The first-order chi connectivity index (χ1) is 6.77. The normalized spacial score (nSPS) is 32.9. The number of carbonyl (C=O) groups is 1. The summed E-state index contributed by atoms with van der Waals surface area (Å²) in [4.78, 5) is 16.2. The summed E-state index contributed by atoms with van der Waals surface area (Å²) in [5.41, 5.74) is 2.91. The van der Waals surface area contributed by atoms with E-state index < -0.39 is 5.97 Å². The fourth-order valence-corrected chi connectivity index (χ4v) is 2.13. The van der Waals surface area contributed by atoms with E-state index in [1.54, 1.807) is 0 Å². The molecule has 0 radical (unpaired) electrons. The van der Waals surface area contributed by atoms with Crippen molar-refractivity contribution in [3.63, 3.8) is 0 Å². The highest BCUT2D eigenvalue weighted by molar-refractivity contribution is 5.72. The number of carboxylic acid groups (broad SMARTS) is 1. The molecule has 0 heterocycles. The zero-order chi connectivity index (χ0) is 9.97. The molecule has 0 bridgehead atoms. The van der Waals surface area contributed by atoms with E-state index >= 15 is 0 Å². The third kappa shape index (κ3) is 2.07. The minimum Gasteiger partial charge on any atom is -0.481 e. The molecule has 4 heteroatoms. The summed E-state index contributed by atoms with van der Waals surface area (Å²) in [5, 5.41) is 8.80. The van der Waals surface area contributed by atoms with E-state index in [0.717, 1.165) is 25.7 Å². The molecule has 0 aromatic carbocycles. The number of hydrogen-bond acceptors (Lipinski definition) is 3. The molecule has 2 atom stereocenters. The molecule has 2 aliphatic rings. The molecule has 14 heavy (non-hydrogen) atoms. The minimum absolute atomic E-state index is 0.0353. The summed E-state index contributed by atoms with van der Waals surface area (Å²) in [5.74, 6) is -0.944. The Kier molecular flexibility index (Phi) is 3.03. The van der Waals surface area contributed by atoms with Crippen molar-refractivity contribution in [2.24, 2.45) is 5.92 Å². The maximum Gasteiger partial charge on any atom is 0.308 e. The largest absolute Gasteiger partial charge is 0.481 e. The van der Waals surface area contributed by atoms with E-state index in [0.29, 0.717) is 6.10 Å². The molecular formula is C10H17NO3. The molecule has 4 nitrogen and oxygen atoms in total. The Hall–Kier alpha value is -0.610. The summed E-state index contributed by atoms with van der Waals surface area (Å²) < 4.78 is 0. The lowest BCUT2D eigenvalue weighted by Crippen LogP contribution is -2.48. The van der Waals surface area contributed by atoms with Gasteiger partial charge in [-0.3, -0.25) is 9.63 Å². The zero-order valence-electron chi connectivity index (χ0n) is 8.24. The van der Waals surface area contributed by atoms with E-state index in [9.17, 15) is 4.79 Å². The number of carboxylic acids is 1. The molecular weight excluding hydrogens is 182 g/mol. The number of hydrogen-bond donors (Lipinski definition) is 2. The third-order valence-electron chi connectivity index (χ3n) is 3.28. The van der Waals surface area contributed by atoms with Crippen LogP contribution in [0.2, 0.25) is 0 Å². The van der Waals surface area contributed by atoms with Crippen LogP contribution in [0.4, 0.5) is 0 Å². The SMILES string of the molecule is O=C(O)C1CCC1NOC1CCCC1. The predicted molar refractivity (Wildman–Crippen MR) is 50.6 cm³/mol. The second-order valence-corrected chi connectivity index (χ2v) is 4.27. The first-order valence-corrected chi connectivity index (χ1v) is 5.41. The molecule has 0 aromatic heterocycles. The van der Waals surface area contributed by atoms with Gasteiger partial charge < -0.3 is 5.11 Å². The molecule has 2 rings (SSSR count). The molecule has 2 fully saturated rings. The highest BCUT2D eigenvalue weighted by Crippen LogP contribution is 2.28. The Morgan fingerprint density at radius 2 is 1.93 bits per heavy atom. The third-order valence-corrected chi connectivity index (χ3v) is 3.28. The molecule has 0 spiro atoms. The summed E-state index contributed by atoms with van der Waals surface area (Å²) in [6, 6.07) is 0.0353. The van der Waals surface area contributed by atoms with Crippen LogP contribution in [0.25, 0.3) is 0 Å². The minimum atomic E-state index is -0.705. The average molecular weight is 199 g/mol. The van der Waals surface area contributed by atoms with Gasteiger partial charge in [0.05, 0.1) is 12.0 Å². The topological polar surface area (TPSA) is 58.6 Å². The number of hydroxylamine groups is 1. The van der Waals surface area contributed by atoms with Crippen LogP contribution >= 0.6 is 0 Å². The van der Waals surface area contributed by atoms with Gasteiger partial charge in [0.2, 0.25) is 0 Å². The zero-order valence-corrected chi connectivity index (χ0v) is 8.24. The van der Waals surface area contributed by atoms with Gasteiger partial charge in [0.15, 0.2) is 0 Å². The maximum atomic E-state index is 10.7. The number of aliphatic carboxylic acids is 1. The first kappa shape index (κ1) is 9.93. The van der Waals surface area contributed by atoms with E-state index in [-0.39, 0.29) is 12.0 Å². The van der Waals surface area contributed by atoms with Crippen molar-refractivity contribution in [3.05, 3.63) is 0 Å². The standard InChI is InChI=1S/C10H17NO3/c12-10(13)8-5-6-9(8)11-14-7-3-1-2-4-7/h7-9,11H,1-6H2,(H,12,13). The van der Waals surface area contributed by atoms with Gasteiger partial charge in [0, 0.05) is 6.04 Å². The maximum absolute atomic E-state index is 10.7. The van der Waals surface area contributed by atoms with Gasteiger partial charge >= 0.3 is 5.97 Å². The van der Waals surface area contributed by atoms with Crippen LogP contribution in [-0.4, -0.2) is 23.2 Å². The van der Waals surface area contributed by atoms with Crippen molar-refractivity contribution in [1.29, 1.82) is 0 Å².